The molecule has 0 atom stereocenters. The van der Waals surface area contributed by atoms with Crippen LogP contribution in [-0.2, 0) is 7.05 Å². The lowest BCUT2D eigenvalue weighted by Crippen LogP contribution is -1.93. The van der Waals surface area contributed by atoms with Gasteiger partial charge in [0.1, 0.15) is 17.4 Å². The van der Waals surface area contributed by atoms with E-state index in [0.29, 0.717) is 5.52 Å². The summed E-state index contributed by atoms with van der Waals surface area (Å²) in [5.74, 6) is -0.544. The molecule has 14 heavy (non-hydrogen) atoms. The van der Waals surface area contributed by atoms with Crippen LogP contribution in [0.3, 0.4) is 0 Å². The quantitative estimate of drug-likeness (QED) is 0.645. The predicted octanol–water partition coefficient (Wildman–Crippen LogP) is 1.84. The van der Waals surface area contributed by atoms with E-state index in [2.05, 4.69) is 15.1 Å². The average Bonchev–Trinajstić information content (AvgIpc) is 2.47. The first-order valence-corrected chi connectivity index (χ1v) is 4.50. The third-order valence-corrected chi connectivity index (χ3v) is 1.76. The van der Waals surface area contributed by atoms with Crippen molar-refractivity contribution in [3.63, 3.8) is 0 Å². The van der Waals surface area contributed by atoms with Gasteiger partial charge >= 0.3 is 0 Å². The number of halogens is 1. The number of rotatable bonds is 0. The van der Waals surface area contributed by atoms with Gasteiger partial charge in [-0.15, -0.1) is 5.10 Å². The molecule has 0 N–H and O–H groups in total. The van der Waals surface area contributed by atoms with Crippen LogP contribution < -0.4 is 0 Å². The Bertz CT molecular complexity index is 436. The molecule has 0 saturated carbocycles. The van der Waals surface area contributed by atoms with Crippen LogP contribution in [0.25, 0.3) is 11.0 Å². The highest BCUT2D eigenvalue weighted by Crippen LogP contribution is 2.14. The van der Waals surface area contributed by atoms with Gasteiger partial charge in [-0.25, -0.2) is 9.97 Å². The molecule has 2 aromatic rings. The molecule has 0 aliphatic rings. The van der Waals surface area contributed by atoms with Crippen molar-refractivity contribution in [1.29, 1.82) is 0 Å². The molecule has 0 radical (unpaired) electrons. The van der Waals surface area contributed by atoms with Crippen molar-refractivity contribution in [1.82, 2.24) is 19.7 Å². The van der Waals surface area contributed by atoms with Crippen molar-refractivity contribution in [2.75, 3.05) is 0 Å². The maximum atomic E-state index is 13.0. The fourth-order valence-corrected chi connectivity index (χ4v) is 1.23. The second kappa shape index (κ2) is 4.13. The number of nitrogens with zero attached hydrogens (tertiary/aromatic N) is 4. The van der Waals surface area contributed by atoms with Gasteiger partial charge in [-0.3, -0.25) is 4.68 Å². The number of aromatic nitrogens is 4. The van der Waals surface area contributed by atoms with Crippen molar-refractivity contribution in [2.45, 2.75) is 20.8 Å². The third-order valence-electron chi connectivity index (χ3n) is 1.76. The highest BCUT2D eigenvalue weighted by molar-refractivity contribution is 5.76. The van der Waals surface area contributed by atoms with E-state index in [9.17, 15) is 4.39 Å². The van der Waals surface area contributed by atoms with Crippen molar-refractivity contribution in [2.24, 2.45) is 7.05 Å². The molecule has 0 aromatic carbocycles. The molecule has 0 aliphatic heterocycles. The minimum atomic E-state index is -0.544. The highest BCUT2D eigenvalue weighted by Gasteiger charge is 2.10. The molecule has 0 bridgehead atoms. The minimum absolute atomic E-state index is 0.282. The van der Waals surface area contributed by atoms with Crippen LogP contribution in [0.15, 0.2) is 6.33 Å². The minimum Gasteiger partial charge on any atom is -0.261 e. The van der Waals surface area contributed by atoms with Crippen molar-refractivity contribution < 1.29 is 4.39 Å². The van der Waals surface area contributed by atoms with E-state index < -0.39 is 5.95 Å². The van der Waals surface area contributed by atoms with Crippen LogP contribution in [-0.4, -0.2) is 19.7 Å². The zero-order chi connectivity index (χ0) is 10.7. The van der Waals surface area contributed by atoms with E-state index in [1.807, 2.05) is 13.8 Å². The summed E-state index contributed by atoms with van der Waals surface area (Å²) in [5, 5.41) is 3.60. The molecule has 2 rings (SSSR count). The molecule has 0 amide bonds. The van der Waals surface area contributed by atoms with Crippen LogP contribution in [0.5, 0.6) is 0 Å². The van der Waals surface area contributed by atoms with Gasteiger partial charge in [0, 0.05) is 7.05 Å². The molecule has 0 fully saturated rings. The Labute approximate surface area is 81.8 Å². The molecular formula is C9H13FN4. The molecule has 0 aliphatic carbocycles. The lowest BCUT2D eigenvalue weighted by molar-refractivity contribution is 0.560. The van der Waals surface area contributed by atoms with Crippen molar-refractivity contribution in [3.05, 3.63) is 18.0 Å². The lowest BCUT2D eigenvalue weighted by atomic mass is 10.3. The van der Waals surface area contributed by atoms with E-state index in [0.717, 1.165) is 5.69 Å². The summed E-state index contributed by atoms with van der Waals surface area (Å²) in [6, 6.07) is 0. The van der Waals surface area contributed by atoms with Gasteiger partial charge in [0.15, 0.2) is 0 Å². The largest absolute Gasteiger partial charge is 0.261 e. The number of fused-ring (bicyclic) bond motifs is 1. The van der Waals surface area contributed by atoms with Crippen LogP contribution >= 0.6 is 0 Å². The molecule has 0 saturated heterocycles. The van der Waals surface area contributed by atoms with Crippen LogP contribution in [0, 0.1) is 12.9 Å². The first kappa shape index (κ1) is 10.6. The van der Waals surface area contributed by atoms with Gasteiger partial charge in [0.25, 0.3) is 5.95 Å². The third kappa shape index (κ3) is 1.57. The molecule has 2 heterocycles. The summed E-state index contributed by atoms with van der Waals surface area (Å²) in [7, 11) is 1.67. The first-order valence-electron chi connectivity index (χ1n) is 4.50. The van der Waals surface area contributed by atoms with Gasteiger partial charge in [-0.2, -0.15) is 4.39 Å². The molecule has 0 spiro atoms. The summed E-state index contributed by atoms with van der Waals surface area (Å²) in [6.07, 6.45) is 1.34. The normalized spacial score (nSPS) is 9.79. The Kier molecular flexibility index (Phi) is 3.11. The second-order valence-electron chi connectivity index (χ2n) is 2.57. The molecule has 2 aromatic heterocycles. The topological polar surface area (TPSA) is 43.6 Å². The maximum Gasteiger partial charge on any atom is 0.258 e. The van der Waals surface area contributed by atoms with Crippen LogP contribution in [0.4, 0.5) is 4.39 Å². The monoisotopic (exact) mass is 196 g/mol. The molecule has 4 nitrogen and oxygen atoms in total. The standard InChI is InChI=1S/C7H7FN4.C2H6/c1-4-6-5(10-3-9-4)7(8)11-12(6)2;1-2/h3H,1-2H3;1-2H3. The fourth-order valence-electron chi connectivity index (χ4n) is 1.23. The van der Waals surface area contributed by atoms with E-state index in [1.165, 1.54) is 11.0 Å². The van der Waals surface area contributed by atoms with Crippen molar-refractivity contribution in [3.8, 4) is 0 Å². The zero-order valence-corrected chi connectivity index (χ0v) is 8.74. The SMILES string of the molecule is CC.Cc1ncnc2c(F)nn(C)c12. The van der Waals surface area contributed by atoms with Gasteiger partial charge in [-0.05, 0) is 6.92 Å². The predicted molar refractivity (Wildman–Crippen MR) is 52.3 cm³/mol. The van der Waals surface area contributed by atoms with E-state index in [1.54, 1.807) is 14.0 Å². The summed E-state index contributed by atoms with van der Waals surface area (Å²) in [5.41, 5.74) is 1.67. The summed E-state index contributed by atoms with van der Waals surface area (Å²) < 4.78 is 14.4. The van der Waals surface area contributed by atoms with Gasteiger partial charge in [0.2, 0.25) is 0 Å². The number of aryl methyl sites for hydroxylation is 2. The second-order valence-corrected chi connectivity index (χ2v) is 2.57. The van der Waals surface area contributed by atoms with E-state index in [4.69, 9.17) is 0 Å². The van der Waals surface area contributed by atoms with Crippen LogP contribution in [0.2, 0.25) is 0 Å². The zero-order valence-electron chi connectivity index (χ0n) is 8.74. The number of hydrogen-bond donors (Lipinski definition) is 0. The molecule has 5 heteroatoms. The Hall–Kier alpha value is -1.52. The molecule has 0 unspecified atom stereocenters. The maximum absolute atomic E-state index is 13.0. The van der Waals surface area contributed by atoms with Crippen LogP contribution in [0.1, 0.15) is 19.5 Å². The van der Waals surface area contributed by atoms with Gasteiger partial charge in [0.05, 0.1) is 5.69 Å². The highest BCUT2D eigenvalue weighted by atomic mass is 19.1. The molecular weight excluding hydrogens is 183 g/mol. The fraction of sp³-hybridized carbons (Fsp3) is 0.444. The lowest BCUT2D eigenvalue weighted by Gasteiger charge is -1.94. The van der Waals surface area contributed by atoms with E-state index in [-0.39, 0.29) is 5.52 Å². The van der Waals surface area contributed by atoms with Gasteiger partial charge in [-0.1, -0.05) is 13.8 Å². The van der Waals surface area contributed by atoms with Crippen molar-refractivity contribution >= 4 is 11.0 Å². The summed E-state index contributed by atoms with van der Waals surface area (Å²) >= 11 is 0. The Morgan fingerprint density at radius 3 is 2.50 bits per heavy atom. The number of hydrogen-bond acceptors (Lipinski definition) is 3. The first-order chi connectivity index (χ1) is 6.70. The Morgan fingerprint density at radius 2 is 1.93 bits per heavy atom. The Balaban J connectivity index is 0.000000461. The van der Waals surface area contributed by atoms with E-state index >= 15 is 0 Å². The summed E-state index contributed by atoms with van der Waals surface area (Å²) in [4.78, 5) is 7.74. The summed E-state index contributed by atoms with van der Waals surface area (Å²) in [6.45, 7) is 5.80. The smallest absolute Gasteiger partial charge is 0.258 e. The molecule has 76 valence electrons. The van der Waals surface area contributed by atoms with Gasteiger partial charge < -0.3 is 0 Å². The average molecular weight is 196 g/mol. The Morgan fingerprint density at radius 1 is 1.29 bits per heavy atom.